The summed E-state index contributed by atoms with van der Waals surface area (Å²) in [4.78, 5) is 30.4. The highest BCUT2D eigenvalue weighted by molar-refractivity contribution is 7.22. The van der Waals surface area contributed by atoms with Gasteiger partial charge in [-0.3, -0.25) is 0 Å². The minimum atomic E-state index is 0.226. The van der Waals surface area contributed by atoms with Crippen molar-refractivity contribution in [2.75, 3.05) is 76.1 Å². The molecule has 2 N–H and O–H groups in total. The molecular weight excluding hydrogens is 462 g/mol. The van der Waals surface area contributed by atoms with Crippen LogP contribution >= 0.6 is 11.3 Å². The average Bonchev–Trinajstić information content (AvgIpc) is 3.32. The van der Waals surface area contributed by atoms with Crippen LogP contribution in [0.5, 0.6) is 0 Å². The first kappa shape index (κ1) is 23.3. The minimum Gasteiger partial charge on any atom is -0.378 e. The summed E-state index contributed by atoms with van der Waals surface area (Å²) >= 11 is 1.69. The van der Waals surface area contributed by atoms with E-state index in [2.05, 4.69) is 64.0 Å². The molecule has 0 atom stereocenters. The van der Waals surface area contributed by atoms with Gasteiger partial charge in [-0.05, 0) is 32.3 Å². The smallest absolute Gasteiger partial charge is 0.219 e. The van der Waals surface area contributed by atoms with Crippen LogP contribution in [0.4, 0.5) is 17.6 Å². The molecule has 1 fully saturated rings. The summed E-state index contributed by atoms with van der Waals surface area (Å²) in [5.41, 5.74) is 8.35. The quantitative estimate of drug-likeness (QED) is 0.414. The third-order valence-electron chi connectivity index (χ3n) is 5.90. The fourth-order valence-corrected chi connectivity index (χ4v) is 4.96. The fourth-order valence-electron chi connectivity index (χ4n) is 3.85. The summed E-state index contributed by atoms with van der Waals surface area (Å²) in [7, 11) is 6.22. The molecule has 10 nitrogen and oxygen atoms in total. The van der Waals surface area contributed by atoms with Crippen LogP contribution in [0.1, 0.15) is 0 Å². The number of likely N-dealkylation sites (N-methyl/N-ethyl adjacent to an activating group) is 2. The van der Waals surface area contributed by atoms with E-state index in [-0.39, 0.29) is 5.95 Å². The summed E-state index contributed by atoms with van der Waals surface area (Å²) in [5.74, 6) is 2.68. The van der Waals surface area contributed by atoms with Crippen LogP contribution in [0.25, 0.3) is 32.0 Å². The van der Waals surface area contributed by atoms with Crippen molar-refractivity contribution in [1.82, 2.24) is 29.8 Å². The van der Waals surface area contributed by atoms with Crippen molar-refractivity contribution in [3.8, 4) is 21.8 Å². The van der Waals surface area contributed by atoms with Gasteiger partial charge in [0.25, 0.3) is 0 Å². The van der Waals surface area contributed by atoms with Crippen molar-refractivity contribution in [1.29, 1.82) is 0 Å². The van der Waals surface area contributed by atoms with Gasteiger partial charge in [0, 0.05) is 62.3 Å². The summed E-state index contributed by atoms with van der Waals surface area (Å²) in [6.07, 6.45) is 5.26. The topological polar surface area (TPSA) is 109 Å². The van der Waals surface area contributed by atoms with Crippen molar-refractivity contribution >= 4 is 39.1 Å². The Kier molecular flexibility index (Phi) is 6.71. The second-order valence-electron chi connectivity index (χ2n) is 8.76. The van der Waals surface area contributed by atoms with E-state index in [0.717, 1.165) is 64.0 Å². The maximum absolute atomic E-state index is 5.67. The van der Waals surface area contributed by atoms with Crippen molar-refractivity contribution < 1.29 is 4.74 Å². The molecular formula is C24H29N9OS. The number of hydrogen-bond acceptors (Lipinski definition) is 11. The van der Waals surface area contributed by atoms with Gasteiger partial charge in [0.2, 0.25) is 5.95 Å². The highest BCUT2D eigenvalue weighted by Gasteiger charge is 2.21. The maximum atomic E-state index is 5.67. The molecule has 11 heteroatoms. The summed E-state index contributed by atoms with van der Waals surface area (Å²) in [6.45, 7) is 4.81. The van der Waals surface area contributed by atoms with Crippen LogP contribution in [0.3, 0.4) is 0 Å². The average molecular weight is 492 g/mol. The van der Waals surface area contributed by atoms with Crippen molar-refractivity contribution in [2.45, 2.75) is 0 Å². The SMILES string of the molecule is CN(C)CCN(C)c1ccc(-c2cc3nc(-c4cnc(N)nc4)nc(N4CCOCC4)c3s2)cn1. The van der Waals surface area contributed by atoms with Gasteiger partial charge in [0.15, 0.2) is 11.6 Å². The number of nitrogens with two attached hydrogens (primary N) is 1. The van der Waals surface area contributed by atoms with E-state index in [0.29, 0.717) is 19.0 Å². The summed E-state index contributed by atoms with van der Waals surface area (Å²) < 4.78 is 6.62. The third kappa shape index (κ3) is 5.16. The zero-order chi connectivity index (χ0) is 24.4. The zero-order valence-corrected chi connectivity index (χ0v) is 21.0. The molecule has 0 saturated carbocycles. The molecule has 0 aliphatic carbocycles. The number of morpholine rings is 1. The van der Waals surface area contributed by atoms with Gasteiger partial charge in [-0.25, -0.2) is 24.9 Å². The minimum absolute atomic E-state index is 0.226. The molecule has 0 amide bonds. The van der Waals surface area contributed by atoms with Crippen LogP contribution in [0, 0.1) is 0 Å². The normalized spacial score (nSPS) is 14.1. The summed E-state index contributed by atoms with van der Waals surface area (Å²) in [5, 5.41) is 0. The lowest BCUT2D eigenvalue weighted by Gasteiger charge is -2.28. The van der Waals surface area contributed by atoms with Gasteiger partial charge in [-0.1, -0.05) is 0 Å². The maximum Gasteiger partial charge on any atom is 0.219 e. The van der Waals surface area contributed by atoms with Crippen molar-refractivity contribution in [3.05, 3.63) is 36.8 Å². The molecule has 5 heterocycles. The van der Waals surface area contributed by atoms with Crippen LogP contribution in [0.2, 0.25) is 0 Å². The molecule has 0 radical (unpaired) electrons. The molecule has 4 aromatic rings. The van der Waals surface area contributed by atoms with E-state index in [1.165, 1.54) is 0 Å². The number of nitrogens with zero attached hydrogens (tertiary/aromatic N) is 8. The van der Waals surface area contributed by atoms with Gasteiger partial charge in [0.1, 0.15) is 5.82 Å². The Balaban J connectivity index is 1.51. The predicted octanol–water partition coefficient (Wildman–Crippen LogP) is 2.63. The summed E-state index contributed by atoms with van der Waals surface area (Å²) in [6, 6.07) is 6.30. The van der Waals surface area contributed by atoms with E-state index in [1.54, 1.807) is 23.7 Å². The molecule has 4 aromatic heterocycles. The van der Waals surface area contributed by atoms with Crippen LogP contribution < -0.4 is 15.5 Å². The number of thiophene rings is 1. The van der Waals surface area contributed by atoms with E-state index >= 15 is 0 Å². The van der Waals surface area contributed by atoms with Crippen molar-refractivity contribution in [2.24, 2.45) is 0 Å². The first-order valence-corrected chi connectivity index (χ1v) is 12.3. The molecule has 1 aliphatic rings. The Bertz CT molecular complexity index is 1290. The number of hydrogen-bond donors (Lipinski definition) is 1. The highest BCUT2D eigenvalue weighted by Crippen LogP contribution is 2.38. The molecule has 5 rings (SSSR count). The number of anilines is 3. The van der Waals surface area contributed by atoms with Crippen LogP contribution in [-0.2, 0) is 4.74 Å². The predicted molar refractivity (Wildman–Crippen MR) is 141 cm³/mol. The molecule has 1 saturated heterocycles. The lowest BCUT2D eigenvalue weighted by Crippen LogP contribution is -2.36. The van der Waals surface area contributed by atoms with E-state index in [1.807, 2.05) is 6.20 Å². The third-order valence-corrected chi connectivity index (χ3v) is 7.07. The van der Waals surface area contributed by atoms with Gasteiger partial charge < -0.3 is 25.2 Å². The van der Waals surface area contributed by atoms with Gasteiger partial charge in [0.05, 0.1) is 29.0 Å². The second-order valence-corrected chi connectivity index (χ2v) is 9.81. The first-order valence-electron chi connectivity index (χ1n) is 11.5. The Morgan fingerprint density at radius 2 is 1.71 bits per heavy atom. The Hall–Kier alpha value is -3.41. The highest BCUT2D eigenvalue weighted by atomic mass is 32.1. The molecule has 182 valence electrons. The van der Waals surface area contributed by atoms with E-state index in [4.69, 9.17) is 25.4 Å². The molecule has 1 aliphatic heterocycles. The van der Waals surface area contributed by atoms with Crippen LogP contribution in [0.15, 0.2) is 36.8 Å². The number of ether oxygens (including phenoxy) is 1. The van der Waals surface area contributed by atoms with E-state index in [9.17, 15) is 0 Å². The standard InChI is InChI=1S/C24H29N9OS/c1-31(2)6-7-32(3)20-5-4-16(13-26-20)19-12-18-21(35-19)23(33-8-10-34-11-9-33)30-22(29-18)17-14-27-24(25)28-15-17/h4-5,12-15H,6-11H2,1-3H3,(H2,25,27,28). The van der Waals surface area contributed by atoms with Gasteiger partial charge >= 0.3 is 0 Å². The number of aromatic nitrogens is 5. The monoisotopic (exact) mass is 491 g/mol. The Morgan fingerprint density at radius 3 is 2.40 bits per heavy atom. The lowest BCUT2D eigenvalue weighted by molar-refractivity contribution is 0.122. The number of rotatable bonds is 7. The fraction of sp³-hybridized carbons (Fsp3) is 0.375. The van der Waals surface area contributed by atoms with E-state index < -0.39 is 0 Å². The second kappa shape index (κ2) is 10.1. The van der Waals surface area contributed by atoms with Gasteiger partial charge in [-0.2, -0.15) is 0 Å². The molecule has 0 aromatic carbocycles. The number of nitrogen functional groups attached to an aromatic ring is 1. The first-order chi connectivity index (χ1) is 17.0. The van der Waals surface area contributed by atoms with Gasteiger partial charge in [-0.15, -0.1) is 11.3 Å². The largest absolute Gasteiger partial charge is 0.378 e. The number of pyridine rings is 1. The Morgan fingerprint density at radius 1 is 0.971 bits per heavy atom. The van der Waals surface area contributed by atoms with Crippen LogP contribution in [-0.4, -0.2) is 90.4 Å². The lowest BCUT2D eigenvalue weighted by atomic mass is 10.2. The zero-order valence-electron chi connectivity index (χ0n) is 20.2. The molecule has 0 unspecified atom stereocenters. The molecule has 0 spiro atoms. The van der Waals surface area contributed by atoms with Crippen molar-refractivity contribution in [3.63, 3.8) is 0 Å². The Labute approximate surface area is 208 Å². The molecule has 0 bridgehead atoms. The molecule has 35 heavy (non-hydrogen) atoms. The number of fused-ring (bicyclic) bond motifs is 1.